The van der Waals surface area contributed by atoms with E-state index in [0.717, 1.165) is 36.9 Å². The van der Waals surface area contributed by atoms with Crippen molar-refractivity contribution < 1.29 is 5.11 Å². The first-order valence-electron chi connectivity index (χ1n) is 5.85. The lowest BCUT2D eigenvalue weighted by Gasteiger charge is -2.27. The Morgan fingerprint density at radius 2 is 2.12 bits per heavy atom. The van der Waals surface area contributed by atoms with Gasteiger partial charge in [0.1, 0.15) is 4.99 Å². The van der Waals surface area contributed by atoms with Crippen LogP contribution >= 0.6 is 12.2 Å². The van der Waals surface area contributed by atoms with Crippen LogP contribution < -0.4 is 11.1 Å². The molecule has 5 heteroatoms. The van der Waals surface area contributed by atoms with Crippen LogP contribution in [0, 0.1) is 0 Å². The average Bonchev–Trinajstić information content (AvgIpc) is 2.32. The van der Waals surface area contributed by atoms with Crippen molar-refractivity contribution in [3.05, 3.63) is 24.0 Å². The molecule has 0 amide bonds. The molecule has 2 rings (SSSR count). The molecule has 1 aromatic rings. The lowest BCUT2D eigenvalue weighted by Crippen LogP contribution is -2.29. The molecule has 1 heterocycles. The van der Waals surface area contributed by atoms with Crippen LogP contribution in [0.25, 0.3) is 0 Å². The highest BCUT2D eigenvalue weighted by Gasteiger charge is 2.20. The van der Waals surface area contributed by atoms with Gasteiger partial charge >= 0.3 is 0 Å². The fourth-order valence-electron chi connectivity index (χ4n) is 2.16. The number of hydrogen-bond donors (Lipinski definition) is 3. The molecule has 0 atom stereocenters. The van der Waals surface area contributed by atoms with Gasteiger partial charge in [-0.05, 0) is 31.7 Å². The highest BCUT2D eigenvalue weighted by molar-refractivity contribution is 7.80. The van der Waals surface area contributed by atoms with E-state index in [9.17, 15) is 5.11 Å². The van der Waals surface area contributed by atoms with E-state index < -0.39 is 0 Å². The average molecular weight is 251 g/mol. The van der Waals surface area contributed by atoms with Gasteiger partial charge in [-0.15, -0.1) is 0 Å². The first-order valence-corrected chi connectivity index (χ1v) is 6.26. The van der Waals surface area contributed by atoms with Gasteiger partial charge in [-0.1, -0.05) is 12.2 Å². The second-order valence-electron chi connectivity index (χ2n) is 4.44. The lowest BCUT2D eigenvalue weighted by atomic mass is 9.93. The first-order chi connectivity index (χ1) is 8.16. The Kier molecular flexibility index (Phi) is 3.91. The summed E-state index contributed by atoms with van der Waals surface area (Å²) >= 11 is 5.01. The summed E-state index contributed by atoms with van der Waals surface area (Å²) in [6.07, 6.45) is 6.92. The number of nitrogens with one attached hydrogen (secondary N) is 1. The third-order valence-corrected chi connectivity index (χ3v) is 3.36. The minimum Gasteiger partial charge on any atom is -0.393 e. The summed E-state index contributed by atoms with van der Waals surface area (Å²) in [5, 5.41) is 12.9. The van der Waals surface area contributed by atoms with Gasteiger partial charge in [-0.25, -0.2) is 0 Å². The number of aromatic nitrogens is 1. The molecule has 1 aromatic heterocycles. The van der Waals surface area contributed by atoms with E-state index in [0.29, 0.717) is 11.0 Å². The maximum atomic E-state index is 9.45. The standard InChI is InChI=1S/C12H17N3OS/c13-12(17)10-5-6-14-7-11(10)15-8-1-3-9(16)4-2-8/h5-9,15-16H,1-4H2,(H2,13,17). The Balaban J connectivity index is 2.05. The van der Waals surface area contributed by atoms with Gasteiger partial charge in [0.05, 0.1) is 18.0 Å². The number of aliphatic hydroxyl groups excluding tert-OH is 1. The molecule has 0 bridgehead atoms. The third-order valence-electron chi connectivity index (χ3n) is 3.14. The van der Waals surface area contributed by atoms with Gasteiger partial charge in [-0.3, -0.25) is 4.98 Å². The molecule has 0 spiro atoms. The van der Waals surface area contributed by atoms with E-state index in [1.54, 1.807) is 12.4 Å². The number of thiocarbonyl (C=S) groups is 1. The summed E-state index contributed by atoms with van der Waals surface area (Å²) in [5.74, 6) is 0. The Labute approximate surface area is 106 Å². The van der Waals surface area contributed by atoms with Gasteiger partial charge in [-0.2, -0.15) is 0 Å². The first kappa shape index (κ1) is 12.3. The van der Waals surface area contributed by atoms with Crippen molar-refractivity contribution in [2.24, 2.45) is 5.73 Å². The number of aliphatic hydroxyl groups is 1. The molecule has 1 aliphatic rings. The second kappa shape index (κ2) is 5.42. The van der Waals surface area contributed by atoms with Gasteiger partial charge in [0.25, 0.3) is 0 Å². The van der Waals surface area contributed by atoms with Crippen molar-refractivity contribution in [3.8, 4) is 0 Å². The molecule has 0 saturated heterocycles. The van der Waals surface area contributed by atoms with Gasteiger partial charge in [0.2, 0.25) is 0 Å². The van der Waals surface area contributed by atoms with E-state index >= 15 is 0 Å². The largest absolute Gasteiger partial charge is 0.393 e. The van der Waals surface area contributed by atoms with Crippen LogP contribution in [0.15, 0.2) is 18.5 Å². The molecule has 1 fully saturated rings. The molecule has 0 aliphatic heterocycles. The van der Waals surface area contributed by atoms with E-state index in [-0.39, 0.29) is 6.10 Å². The topological polar surface area (TPSA) is 71.2 Å². The van der Waals surface area contributed by atoms with Crippen LogP contribution in [0.4, 0.5) is 5.69 Å². The van der Waals surface area contributed by atoms with Crippen molar-refractivity contribution in [2.75, 3.05) is 5.32 Å². The Bertz CT molecular complexity index is 402. The van der Waals surface area contributed by atoms with Crippen LogP contribution in [0.1, 0.15) is 31.2 Å². The maximum absolute atomic E-state index is 9.45. The summed E-state index contributed by atoms with van der Waals surface area (Å²) in [6, 6.07) is 2.19. The molecular formula is C12H17N3OS. The minimum atomic E-state index is -0.142. The van der Waals surface area contributed by atoms with Crippen molar-refractivity contribution in [2.45, 2.75) is 37.8 Å². The molecule has 4 N–H and O–H groups in total. The zero-order valence-corrected chi connectivity index (χ0v) is 10.4. The van der Waals surface area contributed by atoms with Gasteiger partial charge in [0.15, 0.2) is 0 Å². The van der Waals surface area contributed by atoms with Crippen molar-refractivity contribution in [1.82, 2.24) is 4.98 Å². The summed E-state index contributed by atoms with van der Waals surface area (Å²) in [7, 11) is 0. The molecule has 17 heavy (non-hydrogen) atoms. The number of nitrogens with zero attached hydrogens (tertiary/aromatic N) is 1. The zero-order chi connectivity index (χ0) is 12.3. The maximum Gasteiger partial charge on any atom is 0.106 e. The minimum absolute atomic E-state index is 0.142. The summed E-state index contributed by atoms with van der Waals surface area (Å²) in [5.41, 5.74) is 7.39. The summed E-state index contributed by atoms with van der Waals surface area (Å²) < 4.78 is 0. The predicted molar refractivity (Wildman–Crippen MR) is 72.0 cm³/mol. The SMILES string of the molecule is NC(=S)c1ccncc1NC1CCC(O)CC1. The fraction of sp³-hybridized carbons (Fsp3) is 0.500. The van der Waals surface area contributed by atoms with E-state index in [4.69, 9.17) is 18.0 Å². The van der Waals surface area contributed by atoms with Crippen LogP contribution in [0.5, 0.6) is 0 Å². The number of nitrogens with two attached hydrogens (primary N) is 1. The Morgan fingerprint density at radius 1 is 1.41 bits per heavy atom. The molecule has 1 saturated carbocycles. The van der Waals surface area contributed by atoms with Crippen LogP contribution in [0.2, 0.25) is 0 Å². The number of pyridine rings is 1. The second-order valence-corrected chi connectivity index (χ2v) is 4.88. The molecule has 0 radical (unpaired) electrons. The molecule has 92 valence electrons. The van der Waals surface area contributed by atoms with E-state index in [1.807, 2.05) is 6.07 Å². The zero-order valence-electron chi connectivity index (χ0n) is 9.60. The molecule has 0 aromatic carbocycles. The highest BCUT2D eigenvalue weighted by atomic mass is 32.1. The third kappa shape index (κ3) is 3.14. The number of anilines is 1. The van der Waals surface area contributed by atoms with Crippen molar-refractivity contribution in [3.63, 3.8) is 0 Å². The monoisotopic (exact) mass is 251 g/mol. The normalized spacial score (nSPS) is 24.3. The van der Waals surface area contributed by atoms with Crippen LogP contribution in [-0.2, 0) is 0 Å². The fourth-order valence-corrected chi connectivity index (χ4v) is 2.34. The van der Waals surface area contributed by atoms with Gasteiger partial charge < -0.3 is 16.2 Å². The summed E-state index contributed by atoms with van der Waals surface area (Å²) in [4.78, 5) is 4.46. The number of hydrogen-bond acceptors (Lipinski definition) is 4. The van der Waals surface area contributed by atoms with Gasteiger partial charge in [0, 0.05) is 17.8 Å². The number of rotatable bonds is 3. The molecule has 0 unspecified atom stereocenters. The van der Waals surface area contributed by atoms with Crippen LogP contribution in [-0.4, -0.2) is 27.2 Å². The van der Waals surface area contributed by atoms with E-state index in [1.165, 1.54) is 0 Å². The highest BCUT2D eigenvalue weighted by Crippen LogP contribution is 2.23. The molecular weight excluding hydrogens is 234 g/mol. The predicted octanol–water partition coefficient (Wildman–Crippen LogP) is 1.43. The smallest absolute Gasteiger partial charge is 0.106 e. The summed E-state index contributed by atoms with van der Waals surface area (Å²) in [6.45, 7) is 0. The quantitative estimate of drug-likeness (QED) is 0.709. The molecule has 4 nitrogen and oxygen atoms in total. The van der Waals surface area contributed by atoms with Crippen molar-refractivity contribution >= 4 is 22.9 Å². The Hall–Kier alpha value is -1.20. The molecule has 1 aliphatic carbocycles. The van der Waals surface area contributed by atoms with Crippen LogP contribution in [0.3, 0.4) is 0 Å². The van der Waals surface area contributed by atoms with Crippen molar-refractivity contribution in [1.29, 1.82) is 0 Å². The Morgan fingerprint density at radius 3 is 2.76 bits per heavy atom. The lowest BCUT2D eigenvalue weighted by molar-refractivity contribution is 0.126. The van der Waals surface area contributed by atoms with E-state index in [2.05, 4.69) is 10.3 Å².